The van der Waals surface area contributed by atoms with Crippen molar-refractivity contribution in [2.45, 2.75) is 19.5 Å². The average molecular weight is 438 g/mol. The van der Waals surface area contributed by atoms with Crippen molar-refractivity contribution in [3.63, 3.8) is 0 Å². The van der Waals surface area contributed by atoms with E-state index < -0.39 is 0 Å². The van der Waals surface area contributed by atoms with E-state index in [-0.39, 0.29) is 6.04 Å². The van der Waals surface area contributed by atoms with Crippen LogP contribution in [0.4, 0.5) is 0 Å². The van der Waals surface area contributed by atoms with Gasteiger partial charge in [-0.15, -0.1) is 0 Å². The Labute approximate surface area is 195 Å². The minimum absolute atomic E-state index is 0.0694. The van der Waals surface area contributed by atoms with Gasteiger partial charge < -0.3 is 10.6 Å². The number of nitrogens with zero attached hydrogens (tertiary/aromatic N) is 1. The lowest BCUT2D eigenvalue weighted by molar-refractivity contribution is 0.292. The predicted octanol–water partition coefficient (Wildman–Crippen LogP) is 5.37. The molecule has 5 rings (SSSR count). The molecule has 4 heteroatoms. The molecular weight excluding hydrogens is 410 g/mol. The molecule has 0 spiro atoms. The Bertz CT molecular complexity index is 1160. The second kappa shape index (κ2) is 9.11. The van der Waals surface area contributed by atoms with E-state index in [9.17, 15) is 0 Å². The monoisotopic (exact) mass is 437 g/mol. The van der Waals surface area contributed by atoms with Gasteiger partial charge in [-0.2, -0.15) is 0 Å². The van der Waals surface area contributed by atoms with Crippen molar-refractivity contribution in [2.75, 3.05) is 13.1 Å². The Hall–Kier alpha value is -3.21. The van der Waals surface area contributed by atoms with E-state index in [0.29, 0.717) is 5.11 Å². The van der Waals surface area contributed by atoms with Crippen molar-refractivity contribution >= 4 is 23.4 Å². The van der Waals surface area contributed by atoms with Gasteiger partial charge >= 0.3 is 0 Å². The summed E-state index contributed by atoms with van der Waals surface area (Å²) in [6, 6.07) is 30.1. The summed E-state index contributed by atoms with van der Waals surface area (Å²) < 4.78 is 0. The maximum absolute atomic E-state index is 5.62. The molecule has 3 aromatic rings. The van der Waals surface area contributed by atoms with E-state index in [4.69, 9.17) is 12.2 Å². The fourth-order valence-electron chi connectivity index (χ4n) is 4.53. The van der Waals surface area contributed by atoms with Crippen LogP contribution in [-0.4, -0.2) is 23.1 Å². The van der Waals surface area contributed by atoms with Gasteiger partial charge in [-0.25, -0.2) is 0 Å². The summed E-state index contributed by atoms with van der Waals surface area (Å²) in [5.74, 6) is 0. The molecule has 0 bridgehead atoms. The summed E-state index contributed by atoms with van der Waals surface area (Å²) in [4.78, 5) is 2.52. The first-order valence-corrected chi connectivity index (χ1v) is 11.5. The topological polar surface area (TPSA) is 27.3 Å². The Morgan fingerprint density at radius 1 is 0.906 bits per heavy atom. The Morgan fingerprint density at radius 2 is 1.59 bits per heavy atom. The molecule has 2 N–H and O–H groups in total. The van der Waals surface area contributed by atoms with Crippen LogP contribution in [0, 0.1) is 6.92 Å². The standard InChI is InChI=1S/C28H27N3S/c1-20-12-14-22(15-13-20)17-31-18-24(16-21-8-4-2-5-9-21)27-25(19-31)26(29-28(32)30-27)23-10-6-3-7-11-23/h2-16,26H,17-19H2,1H3,(H2,29,30,32)/b24-16+. The van der Waals surface area contributed by atoms with Crippen LogP contribution in [0.1, 0.15) is 28.3 Å². The smallest absolute Gasteiger partial charge is 0.171 e. The molecule has 0 radical (unpaired) electrons. The van der Waals surface area contributed by atoms with Gasteiger partial charge in [-0.05, 0) is 53.1 Å². The molecule has 0 fully saturated rings. The third kappa shape index (κ3) is 4.52. The Balaban J connectivity index is 1.55. The van der Waals surface area contributed by atoms with E-state index in [1.165, 1.54) is 39.1 Å². The van der Waals surface area contributed by atoms with Gasteiger partial charge in [0, 0.05) is 25.3 Å². The van der Waals surface area contributed by atoms with Crippen molar-refractivity contribution in [2.24, 2.45) is 0 Å². The van der Waals surface area contributed by atoms with E-state index in [2.05, 4.69) is 113 Å². The number of benzene rings is 3. The SMILES string of the molecule is Cc1ccc(CN2CC3=C(NC(=S)NC3c3ccccc3)/C(=C/c3ccccc3)C2)cc1. The zero-order chi connectivity index (χ0) is 21.9. The van der Waals surface area contributed by atoms with Gasteiger partial charge in [0.25, 0.3) is 0 Å². The van der Waals surface area contributed by atoms with E-state index >= 15 is 0 Å². The molecule has 2 aliphatic rings. The molecule has 2 heterocycles. The van der Waals surface area contributed by atoms with Gasteiger partial charge in [-0.1, -0.05) is 90.5 Å². The van der Waals surface area contributed by atoms with Crippen LogP contribution in [0.3, 0.4) is 0 Å². The third-order valence-corrected chi connectivity index (χ3v) is 6.31. The first-order valence-electron chi connectivity index (χ1n) is 11.0. The molecule has 32 heavy (non-hydrogen) atoms. The van der Waals surface area contributed by atoms with E-state index in [0.717, 1.165) is 19.6 Å². The molecule has 1 atom stereocenters. The molecule has 2 aliphatic heterocycles. The molecule has 160 valence electrons. The molecule has 0 saturated heterocycles. The van der Waals surface area contributed by atoms with Crippen molar-refractivity contribution in [3.05, 3.63) is 124 Å². The van der Waals surface area contributed by atoms with Gasteiger partial charge in [0.2, 0.25) is 0 Å². The second-order valence-corrected chi connectivity index (χ2v) is 8.96. The van der Waals surface area contributed by atoms with Gasteiger partial charge in [-0.3, -0.25) is 4.90 Å². The lowest BCUT2D eigenvalue weighted by Crippen LogP contribution is -2.49. The maximum atomic E-state index is 5.62. The largest absolute Gasteiger partial charge is 0.352 e. The fourth-order valence-corrected chi connectivity index (χ4v) is 4.75. The van der Waals surface area contributed by atoms with Crippen molar-refractivity contribution in [1.29, 1.82) is 0 Å². The molecular formula is C28H27N3S. The van der Waals surface area contributed by atoms with Crippen LogP contribution >= 0.6 is 12.2 Å². The number of hydrogen-bond acceptors (Lipinski definition) is 2. The number of aryl methyl sites for hydroxylation is 1. The summed E-state index contributed by atoms with van der Waals surface area (Å²) in [6.45, 7) is 4.81. The first-order chi connectivity index (χ1) is 15.7. The average Bonchev–Trinajstić information content (AvgIpc) is 2.82. The zero-order valence-corrected chi connectivity index (χ0v) is 19.0. The quantitative estimate of drug-likeness (QED) is 0.537. The van der Waals surface area contributed by atoms with Gasteiger partial charge in [0.05, 0.1) is 6.04 Å². The lowest BCUT2D eigenvalue weighted by atomic mass is 9.88. The number of thiocarbonyl (C=S) groups is 1. The highest BCUT2D eigenvalue weighted by atomic mass is 32.1. The number of hydrogen-bond donors (Lipinski definition) is 2. The van der Waals surface area contributed by atoms with Crippen LogP contribution in [0.15, 0.2) is 102 Å². The normalized spacial score (nSPS) is 20.0. The van der Waals surface area contributed by atoms with Gasteiger partial charge in [0.1, 0.15) is 0 Å². The maximum Gasteiger partial charge on any atom is 0.171 e. The minimum Gasteiger partial charge on any atom is -0.352 e. The minimum atomic E-state index is 0.0694. The van der Waals surface area contributed by atoms with E-state index in [1.54, 1.807) is 0 Å². The third-order valence-electron chi connectivity index (χ3n) is 6.09. The van der Waals surface area contributed by atoms with Crippen LogP contribution in [0.25, 0.3) is 6.08 Å². The summed E-state index contributed by atoms with van der Waals surface area (Å²) in [7, 11) is 0. The molecule has 0 aromatic heterocycles. The highest BCUT2D eigenvalue weighted by molar-refractivity contribution is 7.80. The number of rotatable bonds is 4. The number of nitrogens with one attached hydrogen (secondary N) is 2. The highest BCUT2D eigenvalue weighted by Gasteiger charge is 2.33. The Kier molecular flexibility index (Phi) is 5.89. The second-order valence-electron chi connectivity index (χ2n) is 8.55. The van der Waals surface area contributed by atoms with Crippen molar-refractivity contribution < 1.29 is 0 Å². The van der Waals surface area contributed by atoms with Crippen molar-refractivity contribution in [1.82, 2.24) is 15.5 Å². The van der Waals surface area contributed by atoms with Crippen LogP contribution in [0.2, 0.25) is 0 Å². The molecule has 0 amide bonds. The molecule has 3 nitrogen and oxygen atoms in total. The summed E-state index contributed by atoms with van der Waals surface area (Å²) in [5.41, 5.74) is 8.85. The van der Waals surface area contributed by atoms with E-state index in [1.807, 2.05) is 0 Å². The first kappa shape index (κ1) is 20.7. The summed E-state index contributed by atoms with van der Waals surface area (Å²) in [6.07, 6.45) is 2.29. The lowest BCUT2D eigenvalue weighted by Gasteiger charge is -2.40. The fraction of sp³-hybridized carbons (Fsp3) is 0.179. The predicted molar refractivity (Wildman–Crippen MR) is 136 cm³/mol. The Morgan fingerprint density at radius 3 is 2.31 bits per heavy atom. The van der Waals surface area contributed by atoms with Crippen LogP contribution in [-0.2, 0) is 6.54 Å². The summed E-state index contributed by atoms with van der Waals surface area (Å²) >= 11 is 5.62. The summed E-state index contributed by atoms with van der Waals surface area (Å²) in [5, 5.41) is 7.69. The molecule has 3 aromatic carbocycles. The zero-order valence-electron chi connectivity index (χ0n) is 18.2. The molecule has 1 unspecified atom stereocenters. The molecule has 0 saturated carbocycles. The van der Waals surface area contributed by atoms with Crippen LogP contribution < -0.4 is 10.6 Å². The highest BCUT2D eigenvalue weighted by Crippen LogP contribution is 2.34. The molecule has 0 aliphatic carbocycles. The van der Waals surface area contributed by atoms with Gasteiger partial charge in [0.15, 0.2) is 5.11 Å². The van der Waals surface area contributed by atoms with Crippen molar-refractivity contribution in [3.8, 4) is 0 Å². The van der Waals surface area contributed by atoms with Crippen LogP contribution in [0.5, 0.6) is 0 Å².